The SMILES string of the molecule is Cc1cc(NC(=O)CCC(=O)N(Cc2ccco2)[C@]2(C(=O)NC3CCCC3)CCCC[C@@H]2C)no1. The summed E-state index contributed by atoms with van der Waals surface area (Å²) in [7, 11) is 0. The van der Waals surface area contributed by atoms with Crippen LogP contribution < -0.4 is 10.6 Å². The van der Waals surface area contributed by atoms with E-state index in [0.717, 1.165) is 44.9 Å². The van der Waals surface area contributed by atoms with Gasteiger partial charge in [0.1, 0.15) is 17.1 Å². The minimum absolute atomic E-state index is 0.0107. The molecule has 2 aromatic rings. The molecule has 35 heavy (non-hydrogen) atoms. The lowest BCUT2D eigenvalue weighted by atomic mass is 9.71. The number of carbonyl (C=O) groups excluding carboxylic acids is 3. The molecular weight excluding hydrogens is 448 g/mol. The molecule has 2 atom stereocenters. The van der Waals surface area contributed by atoms with Crippen LogP contribution in [0.25, 0.3) is 0 Å². The maximum atomic E-state index is 13.9. The average Bonchev–Trinajstić information content (AvgIpc) is 3.61. The van der Waals surface area contributed by atoms with E-state index in [1.54, 1.807) is 30.2 Å². The van der Waals surface area contributed by atoms with Crippen molar-refractivity contribution in [2.75, 3.05) is 5.32 Å². The Morgan fingerprint density at radius 3 is 2.57 bits per heavy atom. The third kappa shape index (κ3) is 5.77. The summed E-state index contributed by atoms with van der Waals surface area (Å²) >= 11 is 0. The number of carbonyl (C=O) groups is 3. The molecule has 2 aliphatic rings. The summed E-state index contributed by atoms with van der Waals surface area (Å²) in [4.78, 5) is 41.8. The molecule has 2 fully saturated rings. The standard InChI is InChI=1S/C26H36N4O5/c1-18-8-5-6-14-26(18,25(33)27-20-9-3-4-10-20)30(17-21-11-7-15-34-21)24(32)13-12-23(31)28-22-16-19(2)35-29-22/h7,11,15-16,18,20H,3-6,8-10,12-14,17H2,1-2H3,(H,27,33)(H,28,29,31)/t18-,26+/m0/s1. The largest absolute Gasteiger partial charge is 0.467 e. The summed E-state index contributed by atoms with van der Waals surface area (Å²) in [5.41, 5.74) is -0.968. The van der Waals surface area contributed by atoms with E-state index < -0.39 is 5.54 Å². The van der Waals surface area contributed by atoms with Crippen LogP contribution >= 0.6 is 0 Å². The summed E-state index contributed by atoms with van der Waals surface area (Å²) in [6, 6.07) is 5.37. The fourth-order valence-electron chi connectivity index (χ4n) is 5.57. The van der Waals surface area contributed by atoms with Gasteiger partial charge in [-0.05, 0) is 50.7 Å². The molecule has 2 aromatic heterocycles. The van der Waals surface area contributed by atoms with Crippen molar-refractivity contribution in [1.82, 2.24) is 15.4 Å². The van der Waals surface area contributed by atoms with Crippen LogP contribution in [0, 0.1) is 12.8 Å². The van der Waals surface area contributed by atoms with Crippen LogP contribution in [0.3, 0.4) is 0 Å². The third-order valence-corrected chi connectivity index (χ3v) is 7.48. The first-order valence-corrected chi connectivity index (χ1v) is 12.8. The molecule has 0 unspecified atom stereocenters. The first kappa shape index (κ1) is 25.0. The minimum Gasteiger partial charge on any atom is -0.467 e. The van der Waals surface area contributed by atoms with Crippen LogP contribution in [0.1, 0.15) is 82.7 Å². The van der Waals surface area contributed by atoms with Gasteiger partial charge in [-0.2, -0.15) is 0 Å². The van der Waals surface area contributed by atoms with Crippen molar-refractivity contribution in [3.8, 4) is 0 Å². The average molecular weight is 485 g/mol. The van der Waals surface area contributed by atoms with E-state index in [-0.39, 0.29) is 49.1 Å². The molecule has 0 aliphatic heterocycles. The zero-order chi connectivity index (χ0) is 24.8. The molecule has 0 spiro atoms. The second-order valence-corrected chi connectivity index (χ2v) is 9.96. The molecule has 9 heteroatoms. The molecule has 2 aliphatic carbocycles. The highest BCUT2D eigenvalue weighted by Gasteiger charge is 2.51. The van der Waals surface area contributed by atoms with Gasteiger partial charge in [-0.1, -0.05) is 37.8 Å². The van der Waals surface area contributed by atoms with Gasteiger partial charge in [0.15, 0.2) is 5.82 Å². The number of amides is 3. The van der Waals surface area contributed by atoms with Gasteiger partial charge in [-0.3, -0.25) is 14.4 Å². The molecular formula is C26H36N4O5. The van der Waals surface area contributed by atoms with Gasteiger partial charge in [0, 0.05) is 24.9 Å². The Bertz CT molecular complexity index is 1010. The van der Waals surface area contributed by atoms with E-state index in [1.165, 1.54) is 0 Å². The van der Waals surface area contributed by atoms with Crippen molar-refractivity contribution in [2.45, 2.75) is 96.2 Å². The van der Waals surface area contributed by atoms with Crippen LogP contribution in [0.2, 0.25) is 0 Å². The van der Waals surface area contributed by atoms with Crippen LogP contribution in [-0.2, 0) is 20.9 Å². The number of hydrogen-bond donors (Lipinski definition) is 2. The number of hydrogen-bond acceptors (Lipinski definition) is 6. The first-order chi connectivity index (χ1) is 16.9. The summed E-state index contributed by atoms with van der Waals surface area (Å²) in [5.74, 6) is 0.881. The van der Waals surface area contributed by atoms with Crippen molar-refractivity contribution >= 4 is 23.5 Å². The fourth-order valence-corrected chi connectivity index (χ4v) is 5.57. The lowest BCUT2D eigenvalue weighted by molar-refractivity contribution is -0.156. The molecule has 2 saturated carbocycles. The second kappa shape index (κ2) is 11.1. The Morgan fingerprint density at radius 2 is 1.91 bits per heavy atom. The van der Waals surface area contributed by atoms with E-state index in [9.17, 15) is 14.4 Å². The minimum atomic E-state index is -0.968. The maximum Gasteiger partial charge on any atom is 0.246 e. The second-order valence-electron chi connectivity index (χ2n) is 9.96. The van der Waals surface area contributed by atoms with Gasteiger partial charge < -0.3 is 24.5 Å². The number of anilines is 1. The van der Waals surface area contributed by atoms with Crippen molar-refractivity contribution in [3.63, 3.8) is 0 Å². The lowest BCUT2D eigenvalue weighted by Gasteiger charge is -2.49. The molecule has 2 N–H and O–H groups in total. The Balaban J connectivity index is 1.54. The predicted octanol–water partition coefficient (Wildman–Crippen LogP) is 4.33. The Kier molecular flexibility index (Phi) is 7.93. The maximum absolute atomic E-state index is 13.9. The molecule has 3 amide bonds. The zero-order valence-electron chi connectivity index (χ0n) is 20.7. The number of aromatic nitrogens is 1. The summed E-state index contributed by atoms with van der Waals surface area (Å²) in [6.45, 7) is 3.99. The molecule has 2 heterocycles. The van der Waals surface area contributed by atoms with E-state index >= 15 is 0 Å². The van der Waals surface area contributed by atoms with E-state index in [2.05, 4.69) is 22.7 Å². The number of nitrogens with zero attached hydrogens (tertiary/aromatic N) is 2. The van der Waals surface area contributed by atoms with Gasteiger partial charge in [0.25, 0.3) is 0 Å². The fraction of sp³-hybridized carbons (Fsp3) is 0.615. The monoisotopic (exact) mass is 484 g/mol. The van der Waals surface area contributed by atoms with Gasteiger partial charge in [0.05, 0.1) is 12.8 Å². The van der Waals surface area contributed by atoms with Crippen molar-refractivity contribution in [3.05, 3.63) is 36.0 Å². The summed E-state index contributed by atoms with van der Waals surface area (Å²) in [6.07, 6.45) is 9.08. The summed E-state index contributed by atoms with van der Waals surface area (Å²) in [5, 5.41) is 9.70. The van der Waals surface area contributed by atoms with E-state index in [4.69, 9.17) is 8.94 Å². The molecule has 0 saturated heterocycles. The highest BCUT2D eigenvalue weighted by atomic mass is 16.5. The highest BCUT2D eigenvalue weighted by molar-refractivity contribution is 5.95. The van der Waals surface area contributed by atoms with Gasteiger partial charge in [-0.15, -0.1) is 0 Å². The number of furan rings is 1. The quantitative estimate of drug-likeness (QED) is 0.547. The Hall–Kier alpha value is -3.10. The van der Waals surface area contributed by atoms with Crippen LogP contribution in [0.5, 0.6) is 0 Å². The first-order valence-electron chi connectivity index (χ1n) is 12.8. The van der Waals surface area contributed by atoms with Crippen LogP contribution in [0.15, 0.2) is 33.4 Å². The predicted molar refractivity (Wildman–Crippen MR) is 129 cm³/mol. The molecule has 0 radical (unpaired) electrons. The highest BCUT2D eigenvalue weighted by Crippen LogP contribution is 2.41. The summed E-state index contributed by atoms with van der Waals surface area (Å²) < 4.78 is 10.6. The smallest absolute Gasteiger partial charge is 0.246 e. The van der Waals surface area contributed by atoms with Gasteiger partial charge >= 0.3 is 0 Å². The Labute approximate surface area is 206 Å². The normalized spacial score (nSPS) is 22.6. The Morgan fingerprint density at radius 1 is 1.14 bits per heavy atom. The van der Waals surface area contributed by atoms with Crippen molar-refractivity contribution in [1.29, 1.82) is 0 Å². The van der Waals surface area contributed by atoms with Gasteiger partial charge in [-0.25, -0.2) is 0 Å². The number of nitrogens with one attached hydrogen (secondary N) is 2. The zero-order valence-corrected chi connectivity index (χ0v) is 20.7. The number of rotatable bonds is 9. The molecule has 9 nitrogen and oxygen atoms in total. The van der Waals surface area contributed by atoms with Gasteiger partial charge in [0.2, 0.25) is 17.7 Å². The van der Waals surface area contributed by atoms with Crippen molar-refractivity contribution in [2.24, 2.45) is 5.92 Å². The topological polar surface area (TPSA) is 118 Å². The van der Waals surface area contributed by atoms with Crippen LogP contribution in [0.4, 0.5) is 5.82 Å². The molecule has 4 rings (SSSR count). The molecule has 190 valence electrons. The third-order valence-electron chi connectivity index (χ3n) is 7.48. The van der Waals surface area contributed by atoms with Crippen molar-refractivity contribution < 1.29 is 23.3 Å². The lowest BCUT2D eigenvalue weighted by Crippen LogP contribution is -2.65. The molecule has 0 aromatic carbocycles. The van der Waals surface area contributed by atoms with E-state index in [0.29, 0.717) is 23.8 Å². The number of aryl methyl sites for hydroxylation is 1. The van der Waals surface area contributed by atoms with Crippen LogP contribution in [-0.4, -0.2) is 39.4 Å². The van der Waals surface area contributed by atoms with E-state index in [1.807, 2.05) is 6.07 Å². The molecule has 0 bridgehead atoms.